The fourth-order valence-electron chi connectivity index (χ4n) is 2.67. The molecule has 1 aromatic carbocycles. The van der Waals surface area contributed by atoms with Crippen molar-refractivity contribution in [3.05, 3.63) is 35.1 Å². The molecule has 1 atom stereocenters. The van der Waals surface area contributed by atoms with Gasteiger partial charge in [0.15, 0.2) is 0 Å². The van der Waals surface area contributed by atoms with Gasteiger partial charge in [0.05, 0.1) is 11.1 Å². The van der Waals surface area contributed by atoms with E-state index in [1.165, 1.54) is 4.90 Å². The summed E-state index contributed by atoms with van der Waals surface area (Å²) in [4.78, 5) is 14.0. The number of nitrogens with one attached hydrogen (secondary N) is 1. The summed E-state index contributed by atoms with van der Waals surface area (Å²) in [6, 6.07) is 2.71. The summed E-state index contributed by atoms with van der Waals surface area (Å²) in [6.45, 7) is 3.57. The highest BCUT2D eigenvalue weighted by atomic mass is 19.4. The van der Waals surface area contributed by atoms with Gasteiger partial charge in [-0.3, -0.25) is 4.79 Å². The van der Waals surface area contributed by atoms with Gasteiger partial charge in [-0.25, -0.2) is 4.39 Å². The van der Waals surface area contributed by atoms with E-state index in [0.717, 1.165) is 18.7 Å². The zero-order valence-electron chi connectivity index (χ0n) is 12.2. The van der Waals surface area contributed by atoms with E-state index >= 15 is 0 Å². The van der Waals surface area contributed by atoms with Gasteiger partial charge in [-0.2, -0.15) is 13.2 Å². The lowest BCUT2D eigenvalue weighted by molar-refractivity contribution is -0.140. The molecule has 0 aliphatic carbocycles. The molecule has 1 amide bonds. The van der Waals surface area contributed by atoms with E-state index in [0.29, 0.717) is 32.0 Å². The molecule has 1 aliphatic rings. The van der Waals surface area contributed by atoms with Crippen molar-refractivity contribution in [2.75, 3.05) is 19.6 Å². The molecule has 0 saturated carbocycles. The second kappa shape index (κ2) is 6.64. The predicted octanol–water partition coefficient (Wildman–Crippen LogP) is 3.06. The van der Waals surface area contributed by atoms with Crippen LogP contribution in [0.4, 0.5) is 17.6 Å². The highest BCUT2D eigenvalue weighted by Gasteiger charge is 2.37. The average Bonchev–Trinajstić information content (AvgIpc) is 2.97. The average molecular weight is 318 g/mol. The molecule has 1 N–H and O–H groups in total. The standard InChI is InChI=1S/C15H18F4N2O/c1-2-8-21(10-6-7-20-9-10)14(22)11-4-3-5-12(13(11)16)15(17,18)19/h3-5,10,20H,2,6-9H2,1H3. The van der Waals surface area contributed by atoms with E-state index in [2.05, 4.69) is 5.32 Å². The molecule has 7 heteroatoms. The van der Waals surface area contributed by atoms with Crippen molar-refractivity contribution in [1.29, 1.82) is 0 Å². The Kier molecular flexibility index (Phi) is 5.05. The molecular formula is C15H18F4N2O. The molecule has 1 aromatic rings. The minimum atomic E-state index is -4.81. The molecule has 122 valence electrons. The molecular weight excluding hydrogens is 300 g/mol. The van der Waals surface area contributed by atoms with Crippen LogP contribution in [0, 0.1) is 5.82 Å². The van der Waals surface area contributed by atoms with Crippen molar-refractivity contribution in [3.8, 4) is 0 Å². The van der Waals surface area contributed by atoms with Gasteiger partial charge in [0.2, 0.25) is 0 Å². The first kappa shape index (κ1) is 16.7. The normalized spacial score (nSPS) is 18.5. The lowest BCUT2D eigenvalue weighted by atomic mass is 10.1. The minimum absolute atomic E-state index is 0.110. The molecule has 1 heterocycles. The molecule has 0 bridgehead atoms. The van der Waals surface area contributed by atoms with Crippen molar-refractivity contribution in [2.45, 2.75) is 32.0 Å². The van der Waals surface area contributed by atoms with Crippen molar-refractivity contribution in [2.24, 2.45) is 0 Å². The Morgan fingerprint density at radius 1 is 1.41 bits per heavy atom. The summed E-state index contributed by atoms with van der Waals surface area (Å²) in [5.41, 5.74) is -1.92. The number of rotatable bonds is 4. The molecule has 3 nitrogen and oxygen atoms in total. The van der Waals surface area contributed by atoms with Gasteiger partial charge in [-0.15, -0.1) is 0 Å². The summed E-state index contributed by atoms with van der Waals surface area (Å²) in [5.74, 6) is -2.17. The van der Waals surface area contributed by atoms with Gasteiger partial charge in [-0.1, -0.05) is 13.0 Å². The third-order valence-electron chi connectivity index (χ3n) is 3.73. The SMILES string of the molecule is CCCN(C(=O)c1cccc(C(F)(F)F)c1F)C1CCNC1. The van der Waals surface area contributed by atoms with Crippen molar-refractivity contribution in [1.82, 2.24) is 10.2 Å². The molecule has 22 heavy (non-hydrogen) atoms. The summed E-state index contributed by atoms with van der Waals surface area (Å²) < 4.78 is 52.4. The van der Waals surface area contributed by atoms with Crippen LogP contribution in [0.15, 0.2) is 18.2 Å². The van der Waals surface area contributed by atoms with Gasteiger partial charge in [0.25, 0.3) is 5.91 Å². The first-order chi connectivity index (χ1) is 10.4. The minimum Gasteiger partial charge on any atom is -0.334 e. The molecule has 1 saturated heterocycles. The van der Waals surface area contributed by atoms with E-state index in [1.54, 1.807) is 0 Å². The second-order valence-corrected chi connectivity index (χ2v) is 5.31. The molecule has 2 rings (SSSR count). The van der Waals surface area contributed by atoms with Crippen LogP contribution in [0.25, 0.3) is 0 Å². The Bertz CT molecular complexity index is 539. The highest BCUT2D eigenvalue weighted by molar-refractivity contribution is 5.95. The number of alkyl halides is 3. The van der Waals surface area contributed by atoms with Crippen LogP contribution in [-0.2, 0) is 6.18 Å². The van der Waals surface area contributed by atoms with E-state index in [1.807, 2.05) is 6.92 Å². The quantitative estimate of drug-likeness (QED) is 0.866. The fraction of sp³-hybridized carbons (Fsp3) is 0.533. The maximum Gasteiger partial charge on any atom is 0.419 e. The van der Waals surface area contributed by atoms with Crippen LogP contribution in [0.2, 0.25) is 0 Å². The number of benzene rings is 1. The third kappa shape index (κ3) is 3.40. The van der Waals surface area contributed by atoms with E-state index in [-0.39, 0.29) is 6.04 Å². The Morgan fingerprint density at radius 2 is 2.14 bits per heavy atom. The number of hydrogen-bond donors (Lipinski definition) is 1. The molecule has 0 aromatic heterocycles. The molecule has 1 fully saturated rings. The molecule has 0 spiro atoms. The van der Waals surface area contributed by atoms with E-state index in [9.17, 15) is 22.4 Å². The summed E-state index contributed by atoms with van der Waals surface area (Å²) in [5, 5.41) is 3.10. The lowest BCUT2D eigenvalue weighted by Crippen LogP contribution is -2.42. The third-order valence-corrected chi connectivity index (χ3v) is 3.73. The second-order valence-electron chi connectivity index (χ2n) is 5.31. The molecule has 1 unspecified atom stereocenters. The molecule has 1 aliphatic heterocycles. The number of carbonyl (C=O) groups excluding carboxylic acids is 1. The maximum atomic E-state index is 14.1. The summed E-state index contributed by atoms with van der Waals surface area (Å²) >= 11 is 0. The smallest absolute Gasteiger partial charge is 0.334 e. The zero-order valence-corrected chi connectivity index (χ0v) is 12.2. The van der Waals surface area contributed by atoms with Crippen LogP contribution in [0.5, 0.6) is 0 Å². The van der Waals surface area contributed by atoms with Crippen LogP contribution in [0.3, 0.4) is 0 Å². The number of amides is 1. The van der Waals surface area contributed by atoms with Crippen molar-refractivity contribution >= 4 is 5.91 Å². The predicted molar refractivity (Wildman–Crippen MR) is 74.0 cm³/mol. The van der Waals surface area contributed by atoms with Crippen LogP contribution in [0.1, 0.15) is 35.7 Å². The van der Waals surface area contributed by atoms with Gasteiger partial charge in [-0.05, 0) is 31.5 Å². The first-order valence-electron chi connectivity index (χ1n) is 7.23. The summed E-state index contributed by atoms with van der Waals surface area (Å²) in [6.07, 6.45) is -3.44. The number of nitrogens with zero attached hydrogens (tertiary/aromatic N) is 1. The van der Waals surface area contributed by atoms with Crippen LogP contribution in [-0.4, -0.2) is 36.5 Å². The Hall–Kier alpha value is -1.63. The molecule has 0 radical (unpaired) electrons. The van der Waals surface area contributed by atoms with E-state index < -0.39 is 29.0 Å². The first-order valence-corrected chi connectivity index (χ1v) is 7.23. The Balaban J connectivity index is 2.34. The maximum absolute atomic E-state index is 14.1. The Morgan fingerprint density at radius 3 is 2.68 bits per heavy atom. The van der Waals surface area contributed by atoms with Crippen molar-refractivity contribution in [3.63, 3.8) is 0 Å². The van der Waals surface area contributed by atoms with Gasteiger partial charge in [0, 0.05) is 19.1 Å². The largest absolute Gasteiger partial charge is 0.419 e. The zero-order chi connectivity index (χ0) is 16.3. The van der Waals surface area contributed by atoms with Gasteiger partial charge < -0.3 is 10.2 Å². The van der Waals surface area contributed by atoms with Crippen LogP contribution < -0.4 is 5.32 Å². The van der Waals surface area contributed by atoms with E-state index in [4.69, 9.17) is 0 Å². The Labute approximate surface area is 126 Å². The topological polar surface area (TPSA) is 32.3 Å². The monoisotopic (exact) mass is 318 g/mol. The van der Waals surface area contributed by atoms with Crippen molar-refractivity contribution < 1.29 is 22.4 Å². The lowest BCUT2D eigenvalue weighted by Gasteiger charge is -2.28. The fourth-order valence-corrected chi connectivity index (χ4v) is 2.67. The number of hydrogen-bond acceptors (Lipinski definition) is 2. The number of halogens is 4. The van der Waals surface area contributed by atoms with Gasteiger partial charge in [0.1, 0.15) is 5.82 Å². The van der Waals surface area contributed by atoms with Crippen LogP contribution >= 0.6 is 0 Å². The summed E-state index contributed by atoms with van der Waals surface area (Å²) in [7, 11) is 0. The van der Waals surface area contributed by atoms with Gasteiger partial charge >= 0.3 is 6.18 Å². The highest BCUT2D eigenvalue weighted by Crippen LogP contribution is 2.32. The number of carbonyl (C=O) groups is 1.